The van der Waals surface area contributed by atoms with Gasteiger partial charge in [0.25, 0.3) is 0 Å². The number of carbonyl (C=O) groups is 1. The molecule has 0 saturated carbocycles. The summed E-state index contributed by atoms with van der Waals surface area (Å²) in [5.74, 6) is -1.72. The molecule has 18 heavy (non-hydrogen) atoms. The van der Waals surface area contributed by atoms with E-state index in [4.69, 9.17) is 16.7 Å². The van der Waals surface area contributed by atoms with Crippen LogP contribution in [0.25, 0.3) is 0 Å². The van der Waals surface area contributed by atoms with E-state index in [-0.39, 0.29) is 5.56 Å². The van der Waals surface area contributed by atoms with Crippen LogP contribution in [-0.4, -0.2) is 11.1 Å². The van der Waals surface area contributed by atoms with Crippen molar-refractivity contribution in [1.82, 2.24) is 0 Å². The van der Waals surface area contributed by atoms with Crippen LogP contribution >= 0.6 is 23.4 Å². The first-order valence-corrected chi connectivity index (χ1v) is 6.22. The normalized spacial score (nSPS) is 10.3. The highest BCUT2D eigenvalue weighted by atomic mass is 35.5. The summed E-state index contributed by atoms with van der Waals surface area (Å²) in [4.78, 5) is 12.3. The number of aromatic carboxylic acids is 1. The van der Waals surface area contributed by atoms with E-state index in [0.717, 1.165) is 11.0 Å². The number of halogens is 2. The van der Waals surface area contributed by atoms with E-state index in [2.05, 4.69) is 0 Å². The van der Waals surface area contributed by atoms with Gasteiger partial charge in [-0.2, -0.15) is 0 Å². The zero-order valence-electron chi connectivity index (χ0n) is 9.06. The molecule has 0 unspecified atom stereocenters. The molecule has 92 valence electrons. The van der Waals surface area contributed by atoms with Gasteiger partial charge in [-0.1, -0.05) is 29.4 Å². The fourth-order valence-electron chi connectivity index (χ4n) is 1.42. The summed E-state index contributed by atoms with van der Waals surface area (Å²) in [6.07, 6.45) is 0. The van der Waals surface area contributed by atoms with E-state index in [1.165, 1.54) is 23.9 Å². The molecule has 0 spiro atoms. The van der Waals surface area contributed by atoms with Crippen LogP contribution in [0.2, 0.25) is 5.02 Å². The van der Waals surface area contributed by atoms with E-state index in [1.54, 1.807) is 18.2 Å². The molecule has 2 aromatic carbocycles. The van der Waals surface area contributed by atoms with Crippen molar-refractivity contribution in [3.05, 3.63) is 58.9 Å². The van der Waals surface area contributed by atoms with Crippen molar-refractivity contribution in [3.8, 4) is 0 Å². The van der Waals surface area contributed by atoms with Gasteiger partial charge in [0.2, 0.25) is 0 Å². The summed E-state index contributed by atoms with van der Waals surface area (Å²) in [7, 11) is 0. The second-order valence-electron chi connectivity index (χ2n) is 3.51. The van der Waals surface area contributed by atoms with Gasteiger partial charge in [0, 0.05) is 14.8 Å². The van der Waals surface area contributed by atoms with Crippen LogP contribution in [0.15, 0.2) is 52.3 Å². The fraction of sp³-hybridized carbons (Fsp3) is 0. The molecule has 0 aromatic heterocycles. The van der Waals surface area contributed by atoms with Crippen molar-refractivity contribution >= 4 is 29.3 Å². The van der Waals surface area contributed by atoms with E-state index in [1.807, 2.05) is 6.07 Å². The molecular formula is C13H8ClFO2S. The summed E-state index contributed by atoms with van der Waals surface area (Å²) in [6, 6.07) is 10.7. The predicted octanol–water partition coefficient (Wildman–Crippen LogP) is 4.33. The van der Waals surface area contributed by atoms with Crippen molar-refractivity contribution in [2.75, 3.05) is 0 Å². The smallest absolute Gasteiger partial charge is 0.336 e. The Morgan fingerprint density at radius 3 is 2.67 bits per heavy atom. The second kappa shape index (κ2) is 5.42. The molecule has 0 heterocycles. The molecule has 0 saturated heterocycles. The van der Waals surface area contributed by atoms with Gasteiger partial charge in [0.1, 0.15) is 5.82 Å². The molecule has 2 aromatic rings. The lowest BCUT2D eigenvalue weighted by atomic mass is 10.2. The van der Waals surface area contributed by atoms with Gasteiger partial charge in [-0.25, -0.2) is 9.18 Å². The van der Waals surface area contributed by atoms with E-state index >= 15 is 0 Å². The topological polar surface area (TPSA) is 37.3 Å². The first-order chi connectivity index (χ1) is 8.56. The van der Waals surface area contributed by atoms with Gasteiger partial charge in [0.15, 0.2) is 0 Å². The predicted molar refractivity (Wildman–Crippen MR) is 68.9 cm³/mol. The Hall–Kier alpha value is -1.52. The van der Waals surface area contributed by atoms with Gasteiger partial charge in [-0.05, 0) is 36.4 Å². The maximum absolute atomic E-state index is 13.0. The average Bonchev–Trinajstić information content (AvgIpc) is 2.31. The lowest BCUT2D eigenvalue weighted by Crippen LogP contribution is -1.99. The van der Waals surface area contributed by atoms with Crippen LogP contribution in [0.5, 0.6) is 0 Å². The third-order valence-electron chi connectivity index (χ3n) is 2.20. The van der Waals surface area contributed by atoms with Gasteiger partial charge in [0.05, 0.1) is 5.56 Å². The SMILES string of the molecule is O=C(O)c1cc(F)ccc1Sc1cccc(Cl)c1. The molecule has 5 heteroatoms. The molecular weight excluding hydrogens is 275 g/mol. The highest BCUT2D eigenvalue weighted by Gasteiger charge is 2.12. The highest BCUT2D eigenvalue weighted by Crippen LogP contribution is 2.32. The summed E-state index contributed by atoms with van der Waals surface area (Å²) < 4.78 is 13.0. The van der Waals surface area contributed by atoms with Crippen LogP contribution < -0.4 is 0 Å². The van der Waals surface area contributed by atoms with Gasteiger partial charge in [-0.3, -0.25) is 0 Å². The zero-order valence-corrected chi connectivity index (χ0v) is 10.6. The third kappa shape index (κ3) is 3.03. The van der Waals surface area contributed by atoms with Crippen molar-refractivity contribution < 1.29 is 14.3 Å². The first-order valence-electron chi connectivity index (χ1n) is 5.02. The number of benzene rings is 2. The maximum Gasteiger partial charge on any atom is 0.336 e. The van der Waals surface area contributed by atoms with Crippen molar-refractivity contribution in [2.45, 2.75) is 9.79 Å². The summed E-state index contributed by atoms with van der Waals surface area (Å²) in [5, 5.41) is 9.59. The van der Waals surface area contributed by atoms with Gasteiger partial charge < -0.3 is 5.11 Å². The Balaban J connectivity index is 2.37. The Labute approximate surface area is 112 Å². The molecule has 1 N–H and O–H groups in total. The fourth-order valence-corrected chi connectivity index (χ4v) is 2.65. The molecule has 0 aliphatic heterocycles. The molecule has 2 rings (SSSR count). The van der Waals surface area contributed by atoms with Crippen LogP contribution in [0.4, 0.5) is 4.39 Å². The summed E-state index contributed by atoms with van der Waals surface area (Å²) >= 11 is 7.08. The number of carboxylic acids is 1. The molecule has 0 bridgehead atoms. The zero-order chi connectivity index (χ0) is 13.1. The molecule has 2 nitrogen and oxygen atoms in total. The highest BCUT2D eigenvalue weighted by molar-refractivity contribution is 7.99. The monoisotopic (exact) mass is 282 g/mol. The molecule has 0 aliphatic rings. The maximum atomic E-state index is 13.0. The van der Waals surface area contributed by atoms with Gasteiger partial charge in [-0.15, -0.1) is 0 Å². The summed E-state index contributed by atoms with van der Waals surface area (Å²) in [6.45, 7) is 0. The Morgan fingerprint density at radius 1 is 1.22 bits per heavy atom. The third-order valence-corrected chi connectivity index (χ3v) is 3.50. The van der Waals surface area contributed by atoms with E-state index in [9.17, 15) is 9.18 Å². The van der Waals surface area contributed by atoms with Crippen LogP contribution in [-0.2, 0) is 0 Å². The molecule has 0 fully saturated rings. The number of hydrogen-bond acceptors (Lipinski definition) is 2. The van der Waals surface area contributed by atoms with Crippen molar-refractivity contribution in [1.29, 1.82) is 0 Å². The number of hydrogen-bond donors (Lipinski definition) is 1. The van der Waals surface area contributed by atoms with Gasteiger partial charge >= 0.3 is 5.97 Å². The molecule has 0 amide bonds. The molecule has 0 radical (unpaired) electrons. The average molecular weight is 283 g/mol. The standard InChI is InChI=1S/C13H8ClFO2S/c14-8-2-1-3-10(6-8)18-12-5-4-9(15)7-11(12)13(16)17/h1-7H,(H,16,17). The van der Waals surface area contributed by atoms with Crippen LogP contribution in [0.1, 0.15) is 10.4 Å². The Kier molecular flexibility index (Phi) is 3.89. The first kappa shape index (κ1) is 12.9. The lowest BCUT2D eigenvalue weighted by molar-refractivity contribution is 0.0692. The summed E-state index contributed by atoms with van der Waals surface area (Å²) in [5.41, 5.74) is -0.0556. The quantitative estimate of drug-likeness (QED) is 0.910. The Bertz CT molecular complexity index is 601. The lowest BCUT2D eigenvalue weighted by Gasteiger charge is -2.06. The second-order valence-corrected chi connectivity index (χ2v) is 5.06. The van der Waals surface area contributed by atoms with Crippen molar-refractivity contribution in [2.24, 2.45) is 0 Å². The number of rotatable bonds is 3. The van der Waals surface area contributed by atoms with E-state index in [0.29, 0.717) is 9.92 Å². The minimum absolute atomic E-state index is 0.0556. The van der Waals surface area contributed by atoms with Crippen molar-refractivity contribution in [3.63, 3.8) is 0 Å². The van der Waals surface area contributed by atoms with Crippen LogP contribution in [0.3, 0.4) is 0 Å². The minimum atomic E-state index is -1.15. The largest absolute Gasteiger partial charge is 0.478 e. The molecule has 0 aliphatic carbocycles. The minimum Gasteiger partial charge on any atom is -0.478 e. The molecule has 0 atom stereocenters. The number of carboxylic acid groups (broad SMARTS) is 1. The van der Waals surface area contributed by atoms with Crippen LogP contribution in [0, 0.1) is 5.82 Å². The Morgan fingerprint density at radius 2 is 2.00 bits per heavy atom. The van der Waals surface area contributed by atoms with E-state index < -0.39 is 11.8 Å².